The Morgan fingerprint density at radius 1 is 1.30 bits per heavy atom. The van der Waals surface area contributed by atoms with Gasteiger partial charge in [-0.2, -0.15) is 0 Å². The third-order valence-corrected chi connectivity index (χ3v) is 0.776. The quantitative estimate of drug-likeness (QED) is 0.536. The van der Waals surface area contributed by atoms with Gasteiger partial charge in [-0.05, 0) is 13.3 Å². The second-order valence-corrected chi connectivity index (χ2v) is 2.11. The summed E-state index contributed by atoms with van der Waals surface area (Å²) in [4.78, 5) is 0. The van der Waals surface area contributed by atoms with Crippen LogP contribution in [0.5, 0.6) is 0 Å². The largest absolute Gasteiger partial charge is 0.396 e. The maximum atomic E-state index is 8.11. The summed E-state index contributed by atoms with van der Waals surface area (Å²) >= 11 is 0. The number of rotatable bonds is 3. The first-order chi connectivity index (χ1) is 4.68. The van der Waals surface area contributed by atoms with Crippen molar-refractivity contribution in [3.05, 3.63) is 0 Å². The summed E-state index contributed by atoms with van der Waals surface area (Å²) in [5, 5.41) is 24.1. The molecule has 0 bridgehead atoms. The lowest BCUT2D eigenvalue weighted by Gasteiger charge is -1.90. The van der Waals surface area contributed by atoms with Gasteiger partial charge < -0.3 is 15.3 Å². The zero-order chi connectivity index (χ0) is 8.41. The molecule has 0 fully saturated rings. The van der Waals surface area contributed by atoms with Gasteiger partial charge in [-0.25, -0.2) is 0 Å². The van der Waals surface area contributed by atoms with Crippen LogP contribution >= 0.6 is 0 Å². The Hall–Kier alpha value is -0.120. The summed E-state index contributed by atoms with van der Waals surface area (Å²) in [7, 11) is 0. The minimum atomic E-state index is -0.560. The molecule has 3 nitrogen and oxygen atoms in total. The van der Waals surface area contributed by atoms with Gasteiger partial charge in [0.2, 0.25) is 0 Å². The van der Waals surface area contributed by atoms with Gasteiger partial charge in [0.25, 0.3) is 0 Å². The summed E-state index contributed by atoms with van der Waals surface area (Å²) in [6.07, 6.45) is 1.48. The molecule has 3 heteroatoms. The lowest BCUT2D eigenvalue weighted by Crippen LogP contribution is -2.03. The topological polar surface area (TPSA) is 60.7 Å². The Morgan fingerprint density at radius 2 is 1.70 bits per heavy atom. The fourth-order valence-electron chi connectivity index (χ4n) is 0.158. The van der Waals surface area contributed by atoms with Crippen molar-refractivity contribution in [2.24, 2.45) is 0 Å². The molecular weight excluding hydrogens is 132 g/mol. The number of hydrogen-bond donors (Lipinski definition) is 3. The van der Waals surface area contributed by atoms with E-state index in [0.717, 1.165) is 12.8 Å². The summed E-state index contributed by atoms with van der Waals surface area (Å²) in [6.45, 7) is 3.78. The molecule has 0 amide bonds. The number of aliphatic hydroxyl groups is 3. The molecule has 0 saturated carbocycles. The molecule has 64 valence electrons. The Bertz CT molecular complexity index is 44.1. The van der Waals surface area contributed by atoms with E-state index in [0.29, 0.717) is 6.61 Å². The van der Waals surface area contributed by atoms with E-state index in [2.05, 4.69) is 6.92 Å². The predicted molar refractivity (Wildman–Crippen MR) is 40.8 cm³/mol. The second kappa shape index (κ2) is 11.6. The standard InChI is InChI=1S/C4H10O.C3H8O2/c1-2-3-4-5;1-3(5)2-4/h5H,2-4H2,1H3;3-5H,2H2,1H3. The average Bonchev–Trinajstić information content (AvgIpc) is 1.91. The normalized spacial score (nSPS) is 11.7. The van der Waals surface area contributed by atoms with Crippen molar-refractivity contribution in [1.29, 1.82) is 0 Å². The lowest BCUT2D eigenvalue weighted by molar-refractivity contribution is 0.110. The molecule has 0 aliphatic heterocycles. The highest BCUT2D eigenvalue weighted by atomic mass is 16.3. The molecule has 1 atom stereocenters. The Balaban J connectivity index is 0. The molecule has 0 aromatic rings. The van der Waals surface area contributed by atoms with Crippen molar-refractivity contribution in [2.45, 2.75) is 32.8 Å². The second-order valence-electron chi connectivity index (χ2n) is 2.11. The van der Waals surface area contributed by atoms with E-state index < -0.39 is 6.10 Å². The van der Waals surface area contributed by atoms with Gasteiger partial charge in [-0.3, -0.25) is 0 Å². The van der Waals surface area contributed by atoms with E-state index in [4.69, 9.17) is 15.3 Å². The van der Waals surface area contributed by atoms with Crippen molar-refractivity contribution in [3.63, 3.8) is 0 Å². The molecule has 0 radical (unpaired) electrons. The molecule has 3 N–H and O–H groups in total. The van der Waals surface area contributed by atoms with Crippen LogP contribution in [0.15, 0.2) is 0 Å². The van der Waals surface area contributed by atoms with Crippen LogP contribution in [-0.2, 0) is 0 Å². The molecule has 0 saturated heterocycles. The van der Waals surface area contributed by atoms with Crippen molar-refractivity contribution >= 4 is 0 Å². The van der Waals surface area contributed by atoms with Crippen LogP contribution in [0.2, 0.25) is 0 Å². The van der Waals surface area contributed by atoms with Gasteiger partial charge in [0.1, 0.15) is 0 Å². The van der Waals surface area contributed by atoms with Gasteiger partial charge in [0, 0.05) is 6.61 Å². The van der Waals surface area contributed by atoms with E-state index in [1.807, 2.05) is 0 Å². The van der Waals surface area contributed by atoms with Gasteiger partial charge in [-0.15, -0.1) is 0 Å². The van der Waals surface area contributed by atoms with Crippen molar-refractivity contribution < 1.29 is 15.3 Å². The van der Waals surface area contributed by atoms with Crippen LogP contribution in [-0.4, -0.2) is 34.6 Å². The molecule has 0 rings (SSSR count). The van der Waals surface area contributed by atoms with Crippen LogP contribution < -0.4 is 0 Å². The molecule has 0 aromatic carbocycles. The number of aliphatic hydroxyl groups excluding tert-OH is 3. The predicted octanol–water partition coefficient (Wildman–Crippen LogP) is 0.138. The molecular formula is C7H18O3. The average molecular weight is 150 g/mol. The van der Waals surface area contributed by atoms with Crippen LogP contribution in [0.25, 0.3) is 0 Å². The molecule has 0 aliphatic carbocycles. The first-order valence-electron chi connectivity index (χ1n) is 3.58. The monoisotopic (exact) mass is 150 g/mol. The molecule has 10 heavy (non-hydrogen) atoms. The maximum absolute atomic E-state index is 8.11. The first-order valence-corrected chi connectivity index (χ1v) is 3.58. The van der Waals surface area contributed by atoms with Gasteiger partial charge in [-0.1, -0.05) is 13.3 Å². The molecule has 0 heterocycles. The molecule has 0 aliphatic rings. The van der Waals surface area contributed by atoms with E-state index in [1.165, 1.54) is 6.92 Å². The van der Waals surface area contributed by atoms with Crippen LogP contribution in [0.3, 0.4) is 0 Å². The summed E-state index contributed by atoms with van der Waals surface area (Å²) in [5.74, 6) is 0. The van der Waals surface area contributed by atoms with E-state index in [1.54, 1.807) is 0 Å². The number of hydrogen-bond acceptors (Lipinski definition) is 3. The molecule has 0 aromatic heterocycles. The first kappa shape index (κ1) is 12.5. The lowest BCUT2D eigenvalue weighted by atomic mass is 10.4. The minimum absolute atomic E-state index is 0.139. The Labute approximate surface area is 62.3 Å². The van der Waals surface area contributed by atoms with Gasteiger partial charge in [0.15, 0.2) is 0 Å². The molecule has 1 unspecified atom stereocenters. The third kappa shape index (κ3) is 24.8. The fourth-order valence-corrected chi connectivity index (χ4v) is 0.158. The SMILES string of the molecule is CC(O)CO.CCCCO. The van der Waals surface area contributed by atoms with Crippen molar-refractivity contribution in [1.82, 2.24) is 0 Å². The van der Waals surface area contributed by atoms with E-state index in [-0.39, 0.29) is 6.61 Å². The van der Waals surface area contributed by atoms with Gasteiger partial charge in [0.05, 0.1) is 12.7 Å². The Morgan fingerprint density at radius 3 is 1.70 bits per heavy atom. The number of unbranched alkanes of at least 4 members (excludes halogenated alkanes) is 1. The van der Waals surface area contributed by atoms with Crippen LogP contribution in [0, 0.1) is 0 Å². The summed E-state index contributed by atoms with van der Waals surface area (Å²) in [5.41, 5.74) is 0. The zero-order valence-corrected chi connectivity index (χ0v) is 6.75. The highest BCUT2D eigenvalue weighted by Gasteiger charge is 1.83. The zero-order valence-electron chi connectivity index (χ0n) is 6.75. The summed E-state index contributed by atoms with van der Waals surface area (Å²) < 4.78 is 0. The third-order valence-electron chi connectivity index (χ3n) is 0.776. The fraction of sp³-hybridized carbons (Fsp3) is 1.00. The van der Waals surface area contributed by atoms with E-state index >= 15 is 0 Å². The highest BCUT2D eigenvalue weighted by molar-refractivity contribution is 4.34. The highest BCUT2D eigenvalue weighted by Crippen LogP contribution is 1.78. The minimum Gasteiger partial charge on any atom is -0.396 e. The van der Waals surface area contributed by atoms with Crippen LogP contribution in [0.4, 0.5) is 0 Å². The Kier molecular flexibility index (Phi) is 14.6. The van der Waals surface area contributed by atoms with Crippen LogP contribution in [0.1, 0.15) is 26.7 Å². The van der Waals surface area contributed by atoms with Crippen molar-refractivity contribution in [3.8, 4) is 0 Å². The van der Waals surface area contributed by atoms with E-state index in [9.17, 15) is 0 Å². The smallest absolute Gasteiger partial charge is 0.0742 e. The molecule has 0 spiro atoms. The van der Waals surface area contributed by atoms with Crippen molar-refractivity contribution in [2.75, 3.05) is 13.2 Å². The maximum Gasteiger partial charge on any atom is 0.0742 e. The summed E-state index contributed by atoms with van der Waals surface area (Å²) in [6, 6.07) is 0. The van der Waals surface area contributed by atoms with Gasteiger partial charge >= 0.3 is 0 Å².